The number of carbonyl (C=O) groups excluding carboxylic acids is 1. The van der Waals surface area contributed by atoms with E-state index in [1.165, 1.54) is 12.1 Å². The molecule has 1 amide bonds. The van der Waals surface area contributed by atoms with E-state index in [9.17, 15) is 13.6 Å². The Hall–Kier alpha value is -1.66. The summed E-state index contributed by atoms with van der Waals surface area (Å²) in [7, 11) is 0. The first-order valence-electron chi connectivity index (χ1n) is 6.30. The lowest BCUT2D eigenvalue weighted by Crippen LogP contribution is -2.13. The van der Waals surface area contributed by atoms with Crippen LogP contribution in [0.1, 0.15) is 17.3 Å². The van der Waals surface area contributed by atoms with Crippen LogP contribution in [0.4, 0.5) is 14.5 Å². The van der Waals surface area contributed by atoms with E-state index in [1.807, 2.05) is 0 Å². The zero-order valence-corrected chi connectivity index (χ0v) is 13.8. The third kappa shape index (κ3) is 3.75. The van der Waals surface area contributed by atoms with Crippen LogP contribution in [0.2, 0.25) is 5.02 Å². The van der Waals surface area contributed by atoms with E-state index in [4.69, 9.17) is 16.3 Å². The Kier molecular flexibility index (Phi) is 5.37. The van der Waals surface area contributed by atoms with Crippen LogP contribution in [0.5, 0.6) is 5.75 Å². The maximum atomic E-state index is 13.2. The average Bonchev–Trinajstić information content (AvgIpc) is 2.45. The molecule has 0 radical (unpaired) electrons. The Morgan fingerprint density at radius 2 is 2.00 bits per heavy atom. The Labute approximate surface area is 139 Å². The summed E-state index contributed by atoms with van der Waals surface area (Å²) in [6.07, 6.45) is 0. The van der Waals surface area contributed by atoms with Gasteiger partial charge in [-0.3, -0.25) is 4.79 Å². The van der Waals surface area contributed by atoms with E-state index >= 15 is 0 Å². The summed E-state index contributed by atoms with van der Waals surface area (Å²) < 4.78 is 32.1. The Morgan fingerprint density at radius 3 is 2.64 bits per heavy atom. The lowest BCUT2D eigenvalue weighted by Gasteiger charge is -2.14. The van der Waals surface area contributed by atoms with Crippen molar-refractivity contribution in [3.8, 4) is 5.75 Å². The fourth-order valence-corrected chi connectivity index (χ4v) is 2.70. The zero-order valence-electron chi connectivity index (χ0n) is 11.4. The van der Waals surface area contributed by atoms with Gasteiger partial charge in [0.25, 0.3) is 5.91 Å². The molecule has 7 heteroatoms. The number of amides is 1. The van der Waals surface area contributed by atoms with Gasteiger partial charge in [-0.25, -0.2) is 8.78 Å². The van der Waals surface area contributed by atoms with Crippen molar-refractivity contribution in [3.05, 3.63) is 57.0 Å². The van der Waals surface area contributed by atoms with Crippen LogP contribution in [0.3, 0.4) is 0 Å². The van der Waals surface area contributed by atoms with Crippen LogP contribution >= 0.6 is 27.5 Å². The monoisotopic (exact) mass is 389 g/mol. The van der Waals surface area contributed by atoms with Gasteiger partial charge in [0, 0.05) is 10.6 Å². The van der Waals surface area contributed by atoms with Gasteiger partial charge >= 0.3 is 0 Å². The van der Waals surface area contributed by atoms with Crippen molar-refractivity contribution in [2.75, 3.05) is 11.9 Å². The number of anilines is 1. The van der Waals surface area contributed by atoms with Gasteiger partial charge in [0.1, 0.15) is 0 Å². The predicted octanol–water partition coefficient (Wildman–Crippen LogP) is 5.03. The quantitative estimate of drug-likeness (QED) is 0.795. The molecule has 2 rings (SSSR count). The Morgan fingerprint density at radius 1 is 1.27 bits per heavy atom. The van der Waals surface area contributed by atoms with Crippen molar-refractivity contribution >= 4 is 39.1 Å². The Bertz CT molecular complexity index is 725. The zero-order chi connectivity index (χ0) is 16.3. The Balaban J connectivity index is 2.33. The molecule has 0 atom stereocenters. The summed E-state index contributed by atoms with van der Waals surface area (Å²) in [6, 6.07) is 6.04. The van der Waals surface area contributed by atoms with Crippen LogP contribution in [0, 0.1) is 11.6 Å². The molecule has 22 heavy (non-hydrogen) atoms. The predicted molar refractivity (Wildman–Crippen MR) is 84.6 cm³/mol. The van der Waals surface area contributed by atoms with Crippen molar-refractivity contribution in [2.45, 2.75) is 6.92 Å². The van der Waals surface area contributed by atoms with Crippen LogP contribution < -0.4 is 10.1 Å². The highest BCUT2D eigenvalue weighted by Crippen LogP contribution is 2.36. The first-order valence-corrected chi connectivity index (χ1v) is 7.47. The molecule has 0 heterocycles. The van der Waals surface area contributed by atoms with Gasteiger partial charge in [-0.2, -0.15) is 0 Å². The second-order valence-corrected chi connectivity index (χ2v) is 5.57. The molecule has 116 valence electrons. The van der Waals surface area contributed by atoms with E-state index in [0.717, 1.165) is 12.1 Å². The van der Waals surface area contributed by atoms with E-state index in [2.05, 4.69) is 21.2 Å². The van der Waals surface area contributed by atoms with Crippen molar-refractivity contribution in [3.63, 3.8) is 0 Å². The van der Waals surface area contributed by atoms with E-state index in [1.54, 1.807) is 13.0 Å². The van der Waals surface area contributed by atoms with Gasteiger partial charge in [-0.15, -0.1) is 0 Å². The molecule has 3 nitrogen and oxygen atoms in total. The number of hydrogen-bond acceptors (Lipinski definition) is 2. The first kappa shape index (κ1) is 16.7. The molecule has 0 unspecified atom stereocenters. The summed E-state index contributed by atoms with van der Waals surface area (Å²) in [4.78, 5) is 12.1. The van der Waals surface area contributed by atoms with Crippen molar-refractivity contribution < 1.29 is 18.3 Å². The van der Waals surface area contributed by atoms with Gasteiger partial charge in [-0.1, -0.05) is 11.6 Å². The minimum Gasteiger partial charge on any atom is -0.491 e. The number of rotatable bonds is 4. The molecule has 0 bridgehead atoms. The molecule has 0 aliphatic heterocycles. The summed E-state index contributed by atoms with van der Waals surface area (Å²) in [5, 5.41) is 2.96. The first-order chi connectivity index (χ1) is 10.4. The second-order valence-electron chi connectivity index (χ2n) is 4.28. The van der Waals surface area contributed by atoms with Gasteiger partial charge < -0.3 is 10.1 Å². The molecule has 0 spiro atoms. The van der Waals surface area contributed by atoms with Crippen LogP contribution in [0.15, 0.2) is 34.8 Å². The number of hydrogen-bond donors (Lipinski definition) is 1. The second kappa shape index (κ2) is 7.07. The highest BCUT2D eigenvalue weighted by Gasteiger charge is 2.15. The van der Waals surface area contributed by atoms with Crippen LogP contribution in [0.25, 0.3) is 0 Å². The van der Waals surface area contributed by atoms with Crippen molar-refractivity contribution in [1.29, 1.82) is 0 Å². The minimum absolute atomic E-state index is 0.0163. The van der Waals surface area contributed by atoms with Gasteiger partial charge in [0.15, 0.2) is 17.4 Å². The fourth-order valence-electron chi connectivity index (χ4n) is 1.78. The van der Waals surface area contributed by atoms with E-state index in [0.29, 0.717) is 27.5 Å². The molecule has 0 aliphatic carbocycles. The van der Waals surface area contributed by atoms with Crippen LogP contribution in [-0.2, 0) is 0 Å². The third-order valence-electron chi connectivity index (χ3n) is 2.73. The van der Waals surface area contributed by atoms with Crippen molar-refractivity contribution in [1.82, 2.24) is 0 Å². The number of halogens is 4. The summed E-state index contributed by atoms with van der Waals surface area (Å²) in [6.45, 7) is 2.18. The fraction of sp³-hybridized carbons (Fsp3) is 0.133. The molecular weight excluding hydrogens is 380 g/mol. The van der Waals surface area contributed by atoms with Gasteiger partial charge in [0.2, 0.25) is 0 Å². The number of carbonyl (C=O) groups is 1. The molecule has 0 aliphatic rings. The molecule has 2 aromatic rings. The minimum atomic E-state index is -1.09. The number of ether oxygens (including phenoxy) is 1. The topological polar surface area (TPSA) is 38.3 Å². The average molecular weight is 391 g/mol. The molecular formula is C15H11BrClF2NO2. The van der Waals surface area contributed by atoms with Gasteiger partial charge in [-0.05, 0) is 53.2 Å². The normalized spacial score (nSPS) is 10.4. The summed E-state index contributed by atoms with van der Waals surface area (Å²) >= 11 is 9.25. The van der Waals surface area contributed by atoms with Gasteiger partial charge in [0.05, 0.1) is 16.8 Å². The number of benzene rings is 2. The maximum absolute atomic E-state index is 13.2. The molecule has 0 fully saturated rings. The number of nitrogens with one attached hydrogen (secondary N) is 1. The summed E-state index contributed by atoms with van der Waals surface area (Å²) in [5.74, 6) is -2.31. The van der Waals surface area contributed by atoms with E-state index in [-0.39, 0.29) is 5.56 Å². The molecule has 0 aromatic heterocycles. The molecule has 0 saturated heterocycles. The largest absolute Gasteiger partial charge is 0.491 e. The highest BCUT2D eigenvalue weighted by atomic mass is 79.9. The lowest BCUT2D eigenvalue weighted by molar-refractivity contribution is 0.102. The van der Waals surface area contributed by atoms with E-state index < -0.39 is 17.5 Å². The SMILES string of the molecule is CCOc1c(Br)cc(Cl)cc1NC(=O)c1ccc(F)c(F)c1. The third-order valence-corrected chi connectivity index (χ3v) is 3.53. The lowest BCUT2D eigenvalue weighted by atomic mass is 10.2. The highest BCUT2D eigenvalue weighted by molar-refractivity contribution is 9.10. The smallest absolute Gasteiger partial charge is 0.255 e. The molecule has 0 saturated carbocycles. The standard InChI is InChI=1S/C15H11BrClF2NO2/c1-2-22-14-10(16)6-9(17)7-13(14)20-15(21)8-3-4-11(18)12(19)5-8/h3-7H,2H2,1H3,(H,20,21). The summed E-state index contributed by atoms with van der Waals surface area (Å²) in [5.41, 5.74) is 0.313. The molecule has 1 N–H and O–H groups in total. The van der Waals surface area contributed by atoms with Crippen LogP contribution in [-0.4, -0.2) is 12.5 Å². The van der Waals surface area contributed by atoms with Crippen molar-refractivity contribution in [2.24, 2.45) is 0 Å². The maximum Gasteiger partial charge on any atom is 0.255 e. The molecule has 2 aromatic carbocycles.